The molecule has 0 saturated carbocycles. The van der Waals surface area contributed by atoms with Gasteiger partial charge in [0.2, 0.25) is 0 Å². The van der Waals surface area contributed by atoms with E-state index in [-0.39, 0.29) is 11.7 Å². The van der Waals surface area contributed by atoms with Gasteiger partial charge in [-0.05, 0) is 71.9 Å². The summed E-state index contributed by atoms with van der Waals surface area (Å²) in [5, 5.41) is 14.1. The molecule has 4 aromatic rings. The highest BCUT2D eigenvalue weighted by Gasteiger charge is 2.23. The predicted molar refractivity (Wildman–Crippen MR) is 167 cm³/mol. The third kappa shape index (κ3) is 8.55. The molecule has 8 heteroatoms. The fraction of sp³-hybridized carbons (Fsp3) is 0.406. The summed E-state index contributed by atoms with van der Waals surface area (Å²) in [6.45, 7) is 14.2. The lowest BCUT2D eigenvalue weighted by Gasteiger charge is -2.30. The van der Waals surface area contributed by atoms with Crippen LogP contribution in [0.3, 0.4) is 0 Å². The van der Waals surface area contributed by atoms with Gasteiger partial charge in [0.25, 0.3) is 5.91 Å². The Morgan fingerprint density at radius 2 is 1.68 bits per heavy atom. The van der Waals surface area contributed by atoms with Crippen LogP contribution in [0.4, 0.5) is 0 Å². The number of aromatic nitrogens is 3. The van der Waals surface area contributed by atoms with Crippen molar-refractivity contribution in [1.82, 2.24) is 19.5 Å². The Morgan fingerprint density at radius 1 is 1.07 bits per heavy atom. The zero-order chi connectivity index (χ0) is 29.7. The monoisotopic (exact) mass is 610 g/mol. The van der Waals surface area contributed by atoms with E-state index in [1.165, 1.54) is 6.42 Å². The number of aryl methyl sites for hydroxylation is 1. The number of fused-ring (bicyclic) bond motifs is 1. The van der Waals surface area contributed by atoms with Crippen molar-refractivity contribution in [3.63, 3.8) is 0 Å². The van der Waals surface area contributed by atoms with Crippen molar-refractivity contribution in [3.8, 4) is 22.8 Å². The van der Waals surface area contributed by atoms with Crippen LogP contribution in [0.15, 0.2) is 65.3 Å². The van der Waals surface area contributed by atoms with Gasteiger partial charge in [0, 0.05) is 24.3 Å². The number of halogens is 1. The predicted octanol–water partition coefficient (Wildman–Crippen LogP) is 8.18. The number of carbonyl (C=O) groups is 1. The van der Waals surface area contributed by atoms with Gasteiger partial charge in [0.15, 0.2) is 5.65 Å². The molecule has 1 amide bonds. The summed E-state index contributed by atoms with van der Waals surface area (Å²) in [6, 6.07) is 16.5. The highest BCUT2D eigenvalue weighted by molar-refractivity contribution is 9.10. The average molecular weight is 612 g/mol. The molecule has 1 saturated heterocycles. The van der Waals surface area contributed by atoms with Crippen LogP contribution in [0, 0.1) is 12.8 Å². The summed E-state index contributed by atoms with van der Waals surface area (Å²) in [5.74, 6) is 1.71. The molecular weight excluding hydrogens is 568 g/mol. The Hall–Kier alpha value is -3.39. The number of amides is 1. The third-order valence-corrected chi connectivity index (χ3v) is 6.75. The van der Waals surface area contributed by atoms with Crippen LogP contribution in [-0.2, 0) is 0 Å². The number of likely N-dealkylation sites (tertiary alicyclic amines) is 1. The van der Waals surface area contributed by atoms with Gasteiger partial charge in [-0.15, -0.1) is 0 Å². The summed E-state index contributed by atoms with van der Waals surface area (Å²) in [4.78, 5) is 18.8. The lowest BCUT2D eigenvalue weighted by molar-refractivity contribution is 0.0694. The molecule has 0 bridgehead atoms. The Kier molecular flexibility index (Phi) is 13.7. The van der Waals surface area contributed by atoms with E-state index >= 15 is 0 Å². The van der Waals surface area contributed by atoms with E-state index in [2.05, 4.69) is 46.8 Å². The van der Waals surface area contributed by atoms with E-state index < -0.39 is 0 Å². The summed E-state index contributed by atoms with van der Waals surface area (Å²) in [5.41, 5.74) is 3.83. The molecule has 0 atom stereocenters. The zero-order valence-electron chi connectivity index (χ0n) is 24.8. The lowest BCUT2D eigenvalue weighted by atomic mass is 9.98. The molecule has 2 aromatic carbocycles. The number of hydrogen-bond donors (Lipinski definition) is 1. The van der Waals surface area contributed by atoms with E-state index in [4.69, 9.17) is 4.74 Å². The third-order valence-electron chi connectivity index (χ3n) is 6.20. The minimum atomic E-state index is 0.0920. The molecule has 0 spiro atoms. The molecule has 1 aliphatic heterocycles. The molecule has 40 heavy (non-hydrogen) atoms. The lowest BCUT2D eigenvalue weighted by Crippen LogP contribution is -2.38. The van der Waals surface area contributed by atoms with E-state index in [0.717, 1.165) is 58.9 Å². The number of hydrogen-bond acceptors (Lipinski definition) is 5. The Bertz CT molecular complexity index is 1350. The average Bonchev–Trinajstić information content (AvgIpc) is 3.36. The van der Waals surface area contributed by atoms with Crippen molar-refractivity contribution in [2.75, 3.05) is 20.2 Å². The molecule has 5 rings (SSSR count). The molecule has 0 aliphatic carbocycles. The maximum Gasteiger partial charge on any atom is 0.257 e. The number of para-hydroxylation sites is 2. The number of nitrogens with zero attached hydrogens (tertiary/aromatic N) is 4. The molecular formula is C32H43BrN4O3. The SMILES string of the molecule is CC.CCC.COc1ccccc1C(=O)N1CCC(C)CC1.Cc1cc(-c2ccccc2O)nc2c(Br)cnn12. The first-order chi connectivity index (χ1) is 19.3. The van der Waals surface area contributed by atoms with Crippen LogP contribution >= 0.6 is 15.9 Å². The van der Waals surface area contributed by atoms with Gasteiger partial charge in [0.1, 0.15) is 11.5 Å². The molecule has 3 heterocycles. The molecule has 1 fully saturated rings. The fourth-order valence-electron chi connectivity index (χ4n) is 4.12. The van der Waals surface area contributed by atoms with E-state index in [0.29, 0.717) is 11.3 Å². The number of ether oxygens (including phenoxy) is 1. The van der Waals surface area contributed by atoms with Crippen molar-refractivity contribution in [1.29, 1.82) is 0 Å². The Labute approximate surface area is 247 Å². The molecule has 0 radical (unpaired) electrons. The zero-order valence-corrected chi connectivity index (χ0v) is 26.4. The standard InChI is InChI=1S/C14H19NO2.C13H10BrN3O.C3H8.C2H6/c1-11-7-9-15(10-8-11)14(16)12-5-3-4-6-13(12)17-2;1-8-6-11(9-4-2-3-5-12(9)18)16-13-10(14)7-15-17(8)13;1-3-2;1-2/h3-6,11H,7-10H2,1-2H3;2-7,18H,1H3;3H2,1-2H3;1-2H3. The van der Waals surface area contributed by atoms with Gasteiger partial charge >= 0.3 is 0 Å². The first kappa shape index (κ1) is 32.8. The van der Waals surface area contributed by atoms with Crippen molar-refractivity contribution < 1.29 is 14.6 Å². The largest absolute Gasteiger partial charge is 0.507 e. The topological polar surface area (TPSA) is 80.0 Å². The van der Waals surface area contributed by atoms with E-state index in [9.17, 15) is 9.90 Å². The molecule has 1 N–H and O–H groups in total. The van der Waals surface area contributed by atoms with Crippen molar-refractivity contribution in [3.05, 3.63) is 76.5 Å². The Balaban J connectivity index is 0.000000242. The minimum absolute atomic E-state index is 0.0920. The minimum Gasteiger partial charge on any atom is -0.507 e. The maximum atomic E-state index is 12.3. The number of carbonyl (C=O) groups excluding carboxylic acids is 1. The first-order valence-corrected chi connectivity index (χ1v) is 14.8. The van der Waals surface area contributed by atoms with Crippen LogP contribution in [0.1, 0.15) is 69.9 Å². The smallest absolute Gasteiger partial charge is 0.257 e. The number of phenols is 1. The number of phenolic OH excluding ortho intramolecular Hbond substituents is 1. The normalized spacial score (nSPS) is 12.8. The highest BCUT2D eigenvalue weighted by atomic mass is 79.9. The maximum absolute atomic E-state index is 12.3. The summed E-state index contributed by atoms with van der Waals surface area (Å²) >= 11 is 3.42. The number of methoxy groups -OCH3 is 1. The van der Waals surface area contributed by atoms with E-state index in [1.54, 1.807) is 30.0 Å². The summed E-state index contributed by atoms with van der Waals surface area (Å²) < 4.78 is 7.82. The van der Waals surface area contributed by atoms with Gasteiger partial charge < -0.3 is 14.7 Å². The van der Waals surface area contributed by atoms with Crippen molar-refractivity contribution in [2.24, 2.45) is 5.92 Å². The van der Waals surface area contributed by atoms with Crippen LogP contribution in [0.2, 0.25) is 0 Å². The fourth-order valence-corrected chi connectivity index (χ4v) is 4.47. The van der Waals surface area contributed by atoms with Crippen molar-refractivity contribution >= 4 is 27.5 Å². The number of aromatic hydroxyl groups is 1. The second-order valence-corrected chi connectivity index (χ2v) is 10.3. The van der Waals surface area contributed by atoms with Gasteiger partial charge in [-0.25, -0.2) is 9.50 Å². The molecule has 216 valence electrons. The quantitative estimate of drug-likeness (QED) is 0.253. The first-order valence-electron chi connectivity index (χ1n) is 14.0. The number of piperidine rings is 1. The van der Waals surface area contributed by atoms with Crippen LogP contribution in [-0.4, -0.2) is 50.7 Å². The molecule has 2 aromatic heterocycles. The summed E-state index contributed by atoms with van der Waals surface area (Å²) in [6.07, 6.45) is 5.16. The van der Waals surface area contributed by atoms with Gasteiger partial charge in [0.05, 0.1) is 29.0 Å². The van der Waals surface area contributed by atoms with Crippen LogP contribution in [0.25, 0.3) is 16.9 Å². The summed E-state index contributed by atoms with van der Waals surface area (Å²) in [7, 11) is 1.60. The van der Waals surface area contributed by atoms with Crippen LogP contribution < -0.4 is 4.74 Å². The number of benzene rings is 2. The second kappa shape index (κ2) is 16.7. The molecule has 0 unspecified atom stereocenters. The van der Waals surface area contributed by atoms with Crippen LogP contribution in [0.5, 0.6) is 11.5 Å². The molecule has 7 nitrogen and oxygen atoms in total. The van der Waals surface area contributed by atoms with Gasteiger partial charge in [-0.2, -0.15) is 5.10 Å². The molecule has 1 aliphatic rings. The van der Waals surface area contributed by atoms with E-state index in [1.807, 2.05) is 68.1 Å². The van der Waals surface area contributed by atoms with Crippen molar-refractivity contribution in [2.45, 2.75) is 60.8 Å². The van der Waals surface area contributed by atoms with Gasteiger partial charge in [-0.3, -0.25) is 4.79 Å². The Morgan fingerprint density at radius 3 is 2.30 bits per heavy atom. The highest BCUT2D eigenvalue weighted by Crippen LogP contribution is 2.29. The second-order valence-electron chi connectivity index (χ2n) is 9.41. The van der Waals surface area contributed by atoms with Gasteiger partial charge in [-0.1, -0.05) is 65.3 Å². The number of rotatable bonds is 3.